The Bertz CT molecular complexity index is 295. The first-order valence-electron chi connectivity index (χ1n) is 4.71. The maximum atomic E-state index is 10.1. The number of nitrogens with one attached hydrogen (secondary N) is 1. The number of nitrogens with zero attached hydrogens (tertiary/aromatic N) is 1. The molecule has 1 rings (SSSR count). The summed E-state index contributed by atoms with van der Waals surface area (Å²) in [6, 6.07) is 0. The SMILES string of the molecule is CC.CSc1[nH]c(C)c(C)c1CN=O. The van der Waals surface area contributed by atoms with Crippen LogP contribution in [-0.2, 0) is 6.54 Å². The van der Waals surface area contributed by atoms with Gasteiger partial charge < -0.3 is 4.98 Å². The van der Waals surface area contributed by atoms with Gasteiger partial charge in [-0.2, -0.15) is 4.91 Å². The monoisotopic (exact) mass is 214 g/mol. The topological polar surface area (TPSA) is 45.2 Å². The fourth-order valence-corrected chi connectivity index (χ4v) is 1.88. The molecule has 1 aromatic heterocycles. The molecule has 1 N–H and O–H groups in total. The van der Waals surface area contributed by atoms with E-state index in [1.807, 2.05) is 34.0 Å². The van der Waals surface area contributed by atoms with E-state index in [9.17, 15) is 4.91 Å². The van der Waals surface area contributed by atoms with Crippen molar-refractivity contribution in [3.63, 3.8) is 0 Å². The lowest BCUT2D eigenvalue weighted by molar-refractivity contribution is 0.989. The maximum Gasteiger partial charge on any atom is 0.109 e. The predicted octanol–water partition coefficient (Wildman–Crippen LogP) is 3.65. The van der Waals surface area contributed by atoms with Crippen LogP contribution in [0, 0.1) is 18.8 Å². The molecule has 0 bridgehead atoms. The predicted molar refractivity (Wildman–Crippen MR) is 62.9 cm³/mol. The second kappa shape index (κ2) is 6.65. The summed E-state index contributed by atoms with van der Waals surface area (Å²) in [4.78, 5) is 13.3. The van der Waals surface area contributed by atoms with Gasteiger partial charge in [0.1, 0.15) is 6.54 Å². The number of aromatic amines is 1. The third-order valence-electron chi connectivity index (χ3n) is 2.02. The molecule has 0 aliphatic rings. The Morgan fingerprint density at radius 2 is 1.93 bits per heavy atom. The Labute approximate surface area is 89.7 Å². The van der Waals surface area contributed by atoms with E-state index >= 15 is 0 Å². The van der Waals surface area contributed by atoms with Crippen LogP contribution < -0.4 is 0 Å². The van der Waals surface area contributed by atoms with Crippen LogP contribution in [0.25, 0.3) is 0 Å². The Balaban J connectivity index is 0.000000791. The molecule has 4 heteroatoms. The molecule has 0 amide bonds. The van der Waals surface area contributed by atoms with Crippen molar-refractivity contribution in [3.8, 4) is 0 Å². The van der Waals surface area contributed by atoms with Crippen LogP contribution in [0.3, 0.4) is 0 Å². The second-order valence-corrected chi connectivity index (χ2v) is 3.49. The van der Waals surface area contributed by atoms with E-state index in [1.165, 1.54) is 0 Å². The third-order valence-corrected chi connectivity index (χ3v) is 2.77. The van der Waals surface area contributed by atoms with Crippen molar-refractivity contribution >= 4 is 11.8 Å². The first-order valence-corrected chi connectivity index (χ1v) is 5.94. The summed E-state index contributed by atoms with van der Waals surface area (Å²) in [5.74, 6) is 0. The van der Waals surface area contributed by atoms with Gasteiger partial charge in [-0.1, -0.05) is 19.0 Å². The van der Waals surface area contributed by atoms with Crippen LogP contribution in [0.2, 0.25) is 0 Å². The van der Waals surface area contributed by atoms with Crippen LogP contribution in [-0.4, -0.2) is 11.2 Å². The van der Waals surface area contributed by atoms with Gasteiger partial charge in [0.15, 0.2) is 0 Å². The van der Waals surface area contributed by atoms with Crippen LogP contribution in [0.1, 0.15) is 30.7 Å². The molecule has 0 spiro atoms. The van der Waals surface area contributed by atoms with Gasteiger partial charge in [-0.3, -0.25) is 0 Å². The molecule has 0 aromatic carbocycles. The Hall–Kier alpha value is -0.770. The lowest BCUT2D eigenvalue weighted by Gasteiger charge is -1.95. The molecule has 80 valence electrons. The number of H-pyrrole nitrogens is 1. The quantitative estimate of drug-likeness (QED) is 0.616. The van der Waals surface area contributed by atoms with Crippen LogP contribution in [0.4, 0.5) is 0 Å². The minimum Gasteiger partial charge on any atom is -0.353 e. The number of aromatic nitrogens is 1. The molecular formula is C10H18N2OS. The van der Waals surface area contributed by atoms with Crippen molar-refractivity contribution < 1.29 is 0 Å². The third kappa shape index (κ3) is 2.87. The average Bonchev–Trinajstić information content (AvgIpc) is 2.49. The molecule has 14 heavy (non-hydrogen) atoms. The van der Waals surface area contributed by atoms with E-state index in [2.05, 4.69) is 10.2 Å². The standard InChI is InChI=1S/C8H12N2OS.C2H6/c1-5-6(2)10-8(12-3)7(5)4-9-11;1-2/h10H,4H2,1-3H3;1-2H3. The number of thioether (sulfide) groups is 1. The number of aryl methyl sites for hydroxylation is 1. The molecule has 0 atom stereocenters. The maximum absolute atomic E-state index is 10.1. The van der Waals surface area contributed by atoms with Crippen LogP contribution in [0.5, 0.6) is 0 Å². The molecule has 0 aliphatic carbocycles. The summed E-state index contributed by atoms with van der Waals surface area (Å²) in [5.41, 5.74) is 3.31. The van der Waals surface area contributed by atoms with E-state index in [0.717, 1.165) is 21.8 Å². The lowest BCUT2D eigenvalue weighted by Crippen LogP contribution is -1.83. The fraction of sp³-hybridized carbons (Fsp3) is 0.600. The zero-order valence-electron chi connectivity index (χ0n) is 9.47. The highest BCUT2D eigenvalue weighted by molar-refractivity contribution is 7.98. The Kier molecular flexibility index (Phi) is 6.28. The van der Waals surface area contributed by atoms with Crippen molar-refractivity contribution in [3.05, 3.63) is 21.7 Å². The van der Waals surface area contributed by atoms with Crippen molar-refractivity contribution in [2.75, 3.05) is 6.26 Å². The van der Waals surface area contributed by atoms with Gasteiger partial charge in [-0.05, 0) is 25.7 Å². The lowest BCUT2D eigenvalue weighted by atomic mass is 10.2. The van der Waals surface area contributed by atoms with Crippen LogP contribution in [0.15, 0.2) is 10.2 Å². The number of nitroso groups, excluding NO2 is 1. The second-order valence-electron chi connectivity index (χ2n) is 2.67. The van der Waals surface area contributed by atoms with Gasteiger partial charge in [0.25, 0.3) is 0 Å². The van der Waals surface area contributed by atoms with Crippen molar-refractivity contribution in [1.82, 2.24) is 4.98 Å². The van der Waals surface area contributed by atoms with E-state index in [4.69, 9.17) is 0 Å². The van der Waals surface area contributed by atoms with Gasteiger partial charge in [-0.15, -0.1) is 11.8 Å². The summed E-state index contributed by atoms with van der Waals surface area (Å²) in [6.45, 7) is 8.28. The van der Waals surface area contributed by atoms with Crippen LogP contribution >= 0.6 is 11.8 Å². The zero-order valence-corrected chi connectivity index (χ0v) is 10.3. The molecule has 0 saturated carbocycles. The molecule has 1 heterocycles. The summed E-state index contributed by atoms with van der Waals surface area (Å²) in [6.07, 6.45) is 1.99. The molecule has 1 aromatic rings. The van der Waals surface area contributed by atoms with Gasteiger partial charge in [0, 0.05) is 11.3 Å². The van der Waals surface area contributed by atoms with E-state index in [0.29, 0.717) is 0 Å². The van der Waals surface area contributed by atoms with Gasteiger partial charge in [0.05, 0.1) is 5.03 Å². The minimum absolute atomic E-state index is 0.270. The highest BCUT2D eigenvalue weighted by Crippen LogP contribution is 2.25. The molecule has 0 fully saturated rings. The first-order chi connectivity index (χ1) is 6.70. The Morgan fingerprint density at radius 3 is 2.36 bits per heavy atom. The number of rotatable bonds is 3. The van der Waals surface area contributed by atoms with E-state index in [-0.39, 0.29) is 6.54 Å². The van der Waals surface area contributed by atoms with E-state index < -0.39 is 0 Å². The Morgan fingerprint density at radius 1 is 1.36 bits per heavy atom. The smallest absolute Gasteiger partial charge is 0.109 e. The van der Waals surface area contributed by atoms with Crippen molar-refractivity contribution in [2.24, 2.45) is 5.18 Å². The zero-order chi connectivity index (χ0) is 11.1. The molecule has 0 aliphatic heterocycles. The molecular weight excluding hydrogens is 196 g/mol. The highest BCUT2D eigenvalue weighted by atomic mass is 32.2. The highest BCUT2D eigenvalue weighted by Gasteiger charge is 2.10. The minimum atomic E-state index is 0.270. The number of hydrogen-bond acceptors (Lipinski definition) is 3. The fourth-order valence-electron chi connectivity index (χ4n) is 1.17. The molecule has 0 radical (unpaired) electrons. The average molecular weight is 214 g/mol. The van der Waals surface area contributed by atoms with Gasteiger partial charge in [-0.25, -0.2) is 0 Å². The summed E-state index contributed by atoms with van der Waals surface area (Å²) in [5, 5.41) is 3.97. The van der Waals surface area contributed by atoms with E-state index in [1.54, 1.807) is 11.8 Å². The summed E-state index contributed by atoms with van der Waals surface area (Å²) in [7, 11) is 0. The molecule has 0 unspecified atom stereocenters. The van der Waals surface area contributed by atoms with Gasteiger partial charge in [0.2, 0.25) is 0 Å². The number of hydrogen-bond donors (Lipinski definition) is 1. The van der Waals surface area contributed by atoms with Gasteiger partial charge >= 0.3 is 0 Å². The first kappa shape index (κ1) is 13.2. The molecule has 3 nitrogen and oxygen atoms in total. The van der Waals surface area contributed by atoms with Crippen molar-refractivity contribution in [2.45, 2.75) is 39.3 Å². The molecule has 0 saturated heterocycles. The van der Waals surface area contributed by atoms with Crippen molar-refractivity contribution in [1.29, 1.82) is 0 Å². The summed E-state index contributed by atoms with van der Waals surface area (Å²) >= 11 is 1.62. The summed E-state index contributed by atoms with van der Waals surface area (Å²) < 4.78 is 0. The largest absolute Gasteiger partial charge is 0.353 e. The normalized spacial score (nSPS) is 9.21.